The van der Waals surface area contributed by atoms with E-state index in [2.05, 4.69) is 57.9 Å². The fourth-order valence-electron chi connectivity index (χ4n) is 2.78. The molecule has 1 heterocycles. The Kier molecular flexibility index (Phi) is 6.62. The fourth-order valence-corrected chi connectivity index (χ4v) is 2.78. The van der Waals surface area contributed by atoms with Crippen LogP contribution in [0.1, 0.15) is 18.1 Å². The van der Waals surface area contributed by atoms with Crippen molar-refractivity contribution >= 4 is 17.5 Å². The molecule has 0 aliphatic carbocycles. The number of hydrogen-bond donors (Lipinski definition) is 2. The number of hydrogen-bond acceptors (Lipinski definition) is 7. The van der Waals surface area contributed by atoms with Gasteiger partial charge >= 0.3 is 0 Å². The van der Waals surface area contributed by atoms with E-state index in [0.717, 1.165) is 29.2 Å². The van der Waals surface area contributed by atoms with Crippen molar-refractivity contribution in [3.63, 3.8) is 0 Å². The van der Waals surface area contributed by atoms with Crippen LogP contribution in [0.5, 0.6) is 11.5 Å². The van der Waals surface area contributed by atoms with Gasteiger partial charge < -0.3 is 20.1 Å². The van der Waals surface area contributed by atoms with Gasteiger partial charge in [0, 0.05) is 5.69 Å². The number of benzene rings is 2. The molecule has 7 heteroatoms. The van der Waals surface area contributed by atoms with Gasteiger partial charge in [0.05, 0.1) is 19.9 Å². The number of nitrogens with one attached hydrogen (secondary N) is 2. The van der Waals surface area contributed by atoms with Gasteiger partial charge in [-0.15, -0.1) is 5.10 Å². The molecule has 3 rings (SSSR count). The Morgan fingerprint density at radius 2 is 1.82 bits per heavy atom. The average Bonchev–Trinajstić information content (AvgIpc) is 2.73. The Morgan fingerprint density at radius 1 is 1.04 bits per heavy atom. The van der Waals surface area contributed by atoms with Gasteiger partial charge in [-0.05, 0) is 48.7 Å². The number of aromatic nitrogens is 3. The van der Waals surface area contributed by atoms with Crippen LogP contribution >= 0.6 is 0 Å². The first-order valence-electron chi connectivity index (χ1n) is 9.25. The summed E-state index contributed by atoms with van der Waals surface area (Å²) in [6.07, 6.45) is 2.52. The van der Waals surface area contributed by atoms with E-state index in [1.807, 2.05) is 24.3 Å². The molecule has 0 radical (unpaired) electrons. The highest BCUT2D eigenvalue weighted by Crippen LogP contribution is 2.24. The number of methoxy groups -OCH3 is 1. The third-order valence-electron chi connectivity index (χ3n) is 4.27. The minimum Gasteiger partial charge on any atom is -0.497 e. The maximum absolute atomic E-state index is 5.70. The van der Waals surface area contributed by atoms with Crippen LogP contribution in [0.2, 0.25) is 0 Å². The van der Waals surface area contributed by atoms with Crippen molar-refractivity contribution < 1.29 is 9.47 Å². The highest BCUT2D eigenvalue weighted by atomic mass is 16.5. The molecule has 2 N–H and O–H groups in total. The van der Waals surface area contributed by atoms with E-state index < -0.39 is 0 Å². The number of aryl methyl sites for hydroxylation is 2. The summed E-state index contributed by atoms with van der Waals surface area (Å²) in [6.45, 7) is 5.28. The quantitative estimate of drug-likeness (QED) is 0.544. The average molecular weight is 379 g/mol. The van der Waals surface area contributed by atoms with E-state index in [1.54, 1.807) is 13.3 Å². The van der Waals surface area contributed by atoms with Gasteiger partial charge in [-0.25, -0.2) is 0 Å². The molecule has 0 atom stereocenters. The Morgan fingerprint density at radius 3 is 2.57 bits per heavy atom. The van der Waals surface area contributed by atoms with Gasteiger partial charge in [0.25, 0.3) is 0 Å². The van der Waals surface area contributed by atoms with Gasteiger partial charge in [-0.2, -0.15) is 10.1 Å². The molecule has 3 aromatic rings. The smallest absolute Gasteiger partial charge is 0.249 e. The normalized spacial score (nSPS) is 10.4. The molecule has 1 aromatic heterocycles. The lowest BCUT2D eigenvalue weighted by molar-refractivity contribution is 0.331. The summed E-state index contributed by atoms with van der Waals surface area (Å²) < 4.78 is 10.8. The van der Waals surface area contributed by atoms with E-state index in [0.29, 0.717) is 24.9 Å². The Bertz CT molecular complexity index is 900. The summed E-state index contributed by atoms with van der Waals surface area (Å²) in [5, 5.41) is 14.6. The second kappa shape index (κ2) is 9.55. The molecule has 7 nitrogen and oxygen atoms in total. The molecule has 0 unspecified atom stereocenters. The van der Waals surface area contributed by atoms with E-state index in [4.69, 9.17) is 9.47 Å². The third-order valence-corrected chi connectivity index (χ3v) is 4.27. The lowest BCUT2D eigenvalue weighted by atomic mass is 10.1. The van der Waals surface area contributed by atoms with Crippen LogP contribution in [0.3, 0.4) is 0 Å². The van der Waals surface area contributed by atoms with Gasteiger partial charge in [-0.3, -0.25) is 0 Å². The highest BCUT2D eigenvalue weighted by molar-refractivity contribution is 5.63. The van der Waals surface area contributed by atoms with E-state index in [-0.39, 0.29) is 0 Å². The standard InChI is InChI=1S/C21H25N5O2/c1-4-16-7-5-6-15(2)20(16)25-21-24-19(14-23-26-21)22-12-13-28-18-10-8-17(27-3)9-11-18/h5-11,14H,4,12-13H2,1-3H3,(H2,22,24,25,26). The number of ether oxygens (including phenoxy) is 2. The van der Waals surface area contributed by atoms with Crippen LogP contribution in [0.4, 0.5) is 17.5 Å². The monoisotopic (exact) mass is 379 g/mol. The first-order valence-corrected chi connectivity index (χ1v) is 9.25. The predicted octanol–water partition coefficient (Wildman–Crippen LogP) is 3.99. The van der Waals surface area contributed by atoms with Gasteiger partial charge in [0.1, 0.15) is 18.1 Å². The molecule has 0 fully saturated rings. The minimum atomic E-state index is 0.463. The van der Waals surface area contributed by atoms with Crippen LogP contribution in [0.15, 0.2) is 48.7 Å². The Hall–Kier alpha value is -3.35. The summed E-state index contributed by atoms with van der Waals surface area (Å²) in [5.74, 6) is 2.70. The highest BCUT2D eigenvalue weighted by Gasteiger charge is 2.07. The van der Waals surface area contributed by atoms with Gasteiger partial charge in [0.15, 0.2) is 5.82 Å². The van der Waals surface area contributed by atoms with E-state index >= 15 is 0 Å². The zero-order chi connectivity index (χ0) is 19.8. The van der Waals surface area contributed by atoms with Crippen molar-refractivity contribution in [2.45, 2.75) is 20.3 Å². The number of para-hydroxylation sites is 1. The number of anilines is 3. The lowest BCUT2D eigenvalue weighted by Crippen LogP contribution is -2.13. The molecule has 0 amide bonds. The molecular formula is C21H25N5O2. The van der Waals surface area contributed by atoms with Crippen molar-refractivity contribution in [2.75, 3.05) is 30.9 Å². The molecule has 0 aliphatic rings. The van der Waals surface area contributed by atoms with Gasteiger partial charge in [-0.1, -0.05) is 25.1 Å². The molecule has 0 saturated carbocycles. The van der Waals surface area contributed by atoms with Crippen molar-refractivity contribution in [3.05, 3.63) is 59.8 Å². The van der Waals surface area contributed by atoms with Crippen LogP contribution in [-0.4, -0.2) is 35.4 Å². The first kappa shape index (κ1) is 19.4. The largest absolute Gasteiger partial charge is 0.497 e. The van der Waals surface area contributed by atoms with E-state index in [9.17, 15) is 0 Å². The number of nitrogens with zero attached hydrogens (tertiary/aromatic N) is 3. The lowest BCUT2D eigenvalue weighted by Gasteiger charge is -2.13. The van der Waals surface area contributed by atoms with Crippen molar-refractivity contribution in [3.8, 4) is 11.5 Å². The Balaban J connectivity index is 1.55. The van der Waals surface area contributed by atoms with Crippen LogP contribution in [0, 0.1) is 6.92 Å². The second-order valence-electron chi connectivity index (χ2n) is 6.20. The van der Waals surface area contributed by atoms with Gasteiger partial charge in [0.2, 0.25) is 5.95 Å². The summed E-state index contributed by atoms with van der Waals surface area (Å²) in [7, 11) is 1.64. The predicted molar refractivity (Wildman–Crippen MR) is 111 cm³/mol. The maximum Gasteiger partial charge on any atom is 0.249 e. The molecule has 2 aromatic carbocycles. The Labute approximate surface area is 165 Å². The zero-order valence-corrected chi connectivity index (χ0v) is 16.4. The fraction of sp³-hybridized carbons (Fsp3) is 0.286. The molecule has 28 heavy (non-hydrogen) atoms. The number of rotatable bonds is 9. The van der Waals surface area contributed by atoms with Crippen molar-refractivity contribution in [2.24, 2.45) is 0 Å². The van der Waals surface area contributed by atoms with E-state index in [1.165, 1.54) is 5.56 Å². The minimum absolute atomic E-state index is 0.463. The molecule has 146 valence electrons. The topological polar surface area (TPSA) is 81.2 Å². The van der Waals surface area contributed by atoms with Crippen LogP contribution < -0.4 is 20.1 Å². The summed E-state index contributed by atoms with van der Waals surface area (Å²) in [6, 6.07) is 13.7. The van der Waals surface area contributed by atoms with Crippen LogP contribution in [0.25, 0.3) is 0 Å². The SMILES string of the molecule is CCc1cccc(C)c1Nc1nncc(NCCOc2ccc(OC)cc2)n1. The molecule has 0 bridgehead atoms. The summed E-state index contributed by atoms with van der Waals surface area (Å²) in [5.41, 5.74) is 3.40. The molecule has 0 spiro atoms. The third kappa shape index (κ3) is 5.09. The second-order valence-corrected chi connectivity index (χ2v) is 6.20. The first-order chi connectivity index (χ1) is 13.7. The van der Waals surface area contributed by atoms with Crippen molar-refractivity contribution in [1.29, 1.82) is 0 Å². The zero-order valence-electron chi connectivity index (χ0n) is 16.4. The molecule has 0 saturated heterocycles. The summed E-state index contributed by atoms with van der Waals surface area (Å²) >= 11 is 0. The molecule has 0 aliphatic heterocycles. The summed E-state index contributed by atoms with van der Waals surface area (Å²) in [4.78, 5) is 4.48. The van der Waals surface area contributed by atoms with Crippen molar-refractivity contribution in [1.82, 2.24) is 15.2 Å². The maximum atomic E-state index is 5.70. The van der Waals surface area contributed by atoms with Crippen LogP contribution in [-0.2, 0) is 6.42 Å². The molecular weight excluding hydrogens is 354 g/mol.